The van der Waals surface area contributed by atoms with Crippen molar-refractivity contribution >= 4 is 33.0 Å². The lowest BCUT2D eigenvalue weighted by Gasteiger charge is -2.16. The van der Waals surface area contributed by atoms with Crippen LogP contribution >= 0.6 is 22.9 Å². The summed E-state index contributed by atoms with van der Waals surface area (Å²) in [5.41, 5.74) is 2.75. The van der Waals surface area contributed by atoms with E-state index in [1.807, 2.05) is 26.0 Å². The van der Waals surface area contributed by atoms with Gasteiger partial charge in [-0.3, -0.25) is 0 Å². The second-order valence-electron chi connectivity index (χ2n) is 5.42. The van der Waals surface area contributed by atoms with E-state index in [0.717, 1.165) is 21.6 Å². The van der Waals surface area contributed by atoms with Gasteiger partial charge < -0.3 is 4.74 Å². The summed E-state index contributed by atoms with van der Waals surface area (Å²) in [6, 6.07) is 7.21. The Morgan fingerprint density at radius 1 is 1.17 bits per heavy atom. The van der Waals surface area contributed by atoms with Gasteiger partial charge in [0.25, 0.3) is 0 Å². The minimum atomic E-state index is -3.59. The van der Waals surface area contributed by atoms with E-state index in [1.165, 1.54) is 11.3 Å². The SMILES string of the molecule is COC(CNS(=O)(=O)c1cc(C)c(C)cc1C)c1ccc(Cl)s1. The Morgan fingerprint density at radius 3 is 2.39 bits per heavy atom. The van der Waals surface area contributed by atoms with Crippen molar-refractivity contribution in [1.82, 2.24) is 4.72 Å². The summed E-state index contributed by atoms with van der Waals surface area (Å²) in [4.78, 5) is 1.19. The van der Waals surface area contributed by atoms with Crippen molar-refractivity contribution in [3.8, 4) is 0 Å². The predicted octanol–water partition coefficient (Wildman–Crippen LogP) is 3.99. The van der Waals surface area contributed by atoms with Crippen LogP contribution in [-0.2, 0) is 14.8 Å². The number of ether oxygens (including phenoxy) is 1. The number of rotatable bonds is 6. The maximum atomic E-state index is 12.6. The summed E-state index contributed by atoms with van der Waals surface area (Å²) in [5.74, 6) is 0. The highest BCUT2D eigenvalue weighted by molar-refractivity contribution is 7.89. The van der Waals surface area contributed by atoms with Gasteiger partial charge in [-0.1, -0.05) is 17.7 Å². The van der Waals surface area contributed by atoms with Gasteiger partial charge >= 0.3 is 0 Å². The fraction of sp³-hybridized carbons (Fsp3) is 0.375. The van der Waals surface area contributed by atoms with Gasteiger partial charge in [0, 0.05) is 18.5 Å². The molecule has 1 N–H and O–H groups in total. The van der Waals surface area contributed by atoms with E-state index in [0.29, 0.717) is 9.23 Å². The lowest BCUT2D eigenvalue weighted by molar-refractivity contribution is 0.110. The summed E-state index contributed by atoms with van der Waals surface area (Å²) in [7, 11) is -2.05. The summed E-state index contributed by atoms with van der Waals surface area (Å²) in [6.07, 6.45) is -0.367. The summed E-state index contributed by atoms with van der Waals surface area (Å²) >= 11 is 7.30. The molecule has 0 amide bonds. The lowest BCUT2D eigenvalue weighted by Crippen LogP contribution is -2.29. The molecule has 0 bridgehead atoms. The predicted molar refractivity (Wildman–Crippen MR) is 94.9 cm³/mol. The fourth-order valence-corrected chi connectivity index (χ4v) is 4.77. The molecule has 0 aliphatic heterocycles. The van der Waals surface area contributed by atoms with Crippen LogP contribution in [0.4, 0.5) is 0 Å². The highest BCUT2D eigenvalue weighted by atomic mass is 35.5. The Labute approximate surface area is 146 Å². The number of hydrogen-bond acceptors (Lipinski definition) is 4. The summed E-state index contributed by atoms with van der Waals surface area (Å²) in [6.45, 7) is 5.82. The van der Waals surface area contributed by atoms with E-state index < -0.39 is 10.0 Å². The molecule has 1 atom stereocenters. The molecule has 2 aromatic rings. The molecule has 0 radical (unpaired) electrons. The van der Waals surface area contributed by atoms with Gasteiger partial charge in [-0.05, 0) is 55.7 Å². The normalized spacial score (nSPS) is 13.3. The topological polar surface area (TPSA) is 55.4 Å². The van der Waals surface area contributed by atoms with Crippen LogP contribution in [0, 0.1) is 20.8 Å². The van der Waals surface area contributed by atoms with Gasteiger partial charge in [-0.15, -0.1) is 11.3 Å². The van der Waals surface area contributed by atoms with Crippen LogP contribution in [0.3, 0.4) is 0 Å². The van der Waals surface area contributed by atoms with Crippen LogP contribution in [-0.4, -0.2) is 22.1 Å². The molecule has 0 fully saturated rings. The number of thiophene rings is 1. The smallest absolute Gasteiger partial charge is 0.240 e. The molecule has 0 aliphatic carbocycles. The second-order valence-corrected chi connectivity index (χ2v) is 8.90. The van der Waals surface area contributed by atoms with Crippen LogP contribution in [0.1, 0.15) is 27.7 Å². The molecule has 0 saturated carbocycles. The van der Waals surface area contributed by atoms with E-state index in [2.05, 4.69) is 4.72 Å². The van der Waals surface area contributed by atoms with Crippen LogP contribution in [0.5, 0.6) is 0 Å². The van der Waals surface area contributed by atoms with Crippen molar-refractivity contribution in [1.29, 1.82) is 0 Å². The molecular formula is C16H20ClNO3S2. The van der Waals surface area contributed by atoms with Crippen LogP contribution in [0.25, 0.3) is 0 Å². The number of sulfonamides is 1. The van der Waals surface area contributed by atoms with E-state index in [-0.39, 0.29) is 12.6 Å². The van der Waals surface area contributed by atoms with Gasteiger partial charge in [0.1, 0.15) is 6.10 Å². The quantitative estimate of drug-likeness (QED) is 0.832. The van der Waals surface area contributed by atoms with Crippen LogP contribution in [0.2, 0.25) is 4.34 Å². The molecule has 0 aliphatic rings. The molecule has 1 aromatic carbocycles. The maximum Gasteiger partial charge on any atom is 0.240 e. The zero-order valence-electron chi connectivity index (χ0n) is 13.5. The molecule has 1 heterocycles. The van der Waals surface area contributed by atoms with E-state index in [1.54, 1.807) is 26.2 Å². The molecule has 0 spiro atoms. The lowest BCUT2D eigenvalue weighted by atomic mass is 10.1. The van der Waals surface area contributed by atoms with Gasteiger partial charge in [-0.25, -0.2) is 13.1 Å². The highest BCUT2D eigenvalue weighted by Gasteiger charge is 2.21. The second kappa shape index (κ2) is 7.32. The summed E-state index contributed by atoms with van der Waals surface area (Å²) < 4.78 is 33.8. The Morgan fingerprint density at radius 2 is 1.83 bits per heavy atom. The van der Waals surface area contributed by atoms with Crippen molar-refractivity contribution in [2.75, 3.05) is 13.7 Å². The van der Waals surface area contributed by atoms with Crippen LogP contribution < -0.4 is 4.72 Å². The van der Waals surface area contributed by atoms with Crippen molar-refractivity contribution < 1.29 is 13.2 Å². The molecule has 4 nitrogen and oxygen atoms in total. The van der Waals surface area contributed by atoms with Gasteiger partial charge in [0.15, 0.2) is 0 Å². The molecular weight excluding hydrogens is 354 g/mol. The zero-order chi connectivity index (χ0) is 17.2. The molecule has 1 aromatic heterocycles. The highest BCUT2D eigenvalue weighted by Crippen LogP contribution is 2.29. The minimum absolute atomic E-state index is 0.155. The molecule has 126 valence electrons. The monoisotopic (exact) mass is 373 g/mol. The van der Waals surface area contributed by atoms with E-state index >= 15 is 0 Å². The average Bonchev–Trinajstić information content (AvgIpc) is 2.90. The number of hydrogen-bond donors (Lipinski definition) is 1. The maximum absolute atomic E-state index is 12.6. The van der Waals surface area contributed by atoms with Crippen molar-refractivity contribution in [3.05, 3.63) is 50.2 Å². The number of methoxy groups -OCH3 is 1. The Balaban J connectivity index is 2.20. The third kappa shape index (κ3) is 4.33. The molecule has 2 rings (SSSR count). The van der Waals surface area contributed by atoms with Gasteiger partial charge in [0.05, 0.1) is 9.23 Å². The average molecular weight is 374 g/mol. The van der Waals surface area contributed by atoms with Crippen molar-refractivity contribution in [2.45, 2.75) is 31.8 Å². The third-order valence-electron chi connectivity index (χ3n) is 3.74. The minimum Gasteiger partial charge on any atom is -0.375 e. The largest absolute Gasteiger partial charge is 0.375 e. The fourth-order valence-electron chi connectivity index (χ4n) is 2.29. The first kappa shape index (κ1) is 18.4. The molecule has 0 saturated heterocycles. The zero-order valence-corrected chi connectivity index (χ0v) is 15.9. The van der Waals surface area contributed by atoms with Gasteiger partial charge in [0.2, 0.25) is 10.0 Å². The Kier molecular flexibility index (Phi) is 5.86. The van der Waals surface area contributed by atoms with Crippen LogP contribution in [0.15, 0.2) is 29.2 Å². The first-order valence-electron chi connectivity index (χ1n) is 7.10. The standard InChI is InChI=1S/C16H20ClNO3S2/c1-10-7-12(3)15(8-11(10)2)23(19,20)18-9-13(21-4)14-5-6-16(17)22-14/h5-8,13,18H,9H2,1-4H3. The summed E-state index contributed by atoms with van der Waals surface area (Å²) in [5, 5.41) is 0. The number of aryl methyl sites for hydroxylation is 3. The number of nitrogens with one attached hydrogen (secondary N) is 1. The number of halogens is 1. The van der Waals surface area contributed by atoms with Crippen molar-refractivity contribution in [3.63, 3.8) is 0 Å². The van der Waals surface area contributed by atoms with E-state index in [4.69, 9.17) is 16.3 Å². The molecule has 1 unspecified atom stereocenters. The van der Waals surface area contributed by atoms with E-state index in [9.17, 15) is 8.42 Å². The molecule has 7 heteroatoms. The Hall–Kier alpha value is -0.920. The Bertz CT molecular complexity index is 800. The molecule has 23 heavy (non-hydrogen) atoms. The van der Waals surface area contributed by atoms with Gasteiger partial charge in [-0.2, -0.15) is 0 Å². The third-order valence-corrected chi connectivity index (χ3v) is 6.62. The number of benzene rings is 1. The first-order chi connectivity index (χ1) is 10.7. The van der Waals surface area contributed by atoms with Crippen molar-refractivity contribution in [2.24, 2.45) is 0 Å². The first-order valence-corrected chi connectivity index (χ1v) is 9.78.